The van der Waals surface area contributed by atoms with Gasteiger partial charge in [0.05, 0.1) is 6.54 Å². The lowest BCUT2D eigenvalue weighted by atomic mass is 10.1. The van der Waals surface area contributed by atoms with Gasteiger partial charge in [0.1, 0.15) is 5.41 Å². The summed E-state index contributed by atoms with van der Waals surface area (Å²) in [5, 5.41) is 2.54. The monoisotopic (exact) mass is 228 g/mol. The molecule has 0 aliphatic heterocycles. The minimum atomic E-state index is -2.84. The third kappa shape index (κ3) is 1.60. The van der Waals surface area contributed by atoms with Crippen molar-refractivity contribution in [3.8, 4) is 0 Å². The maximum Gasteiger partial charge on any atom is 0.263 e. The Hall–Kier alpha value is -1.39. The van der Waals surface area contributed by atoms with Gasteiger partial charge in [0.15, 0.2) is 0 Å². The highest BCUT2D eigenvalue weighted by molar-refractivity contribution is 5.86. The zero-order valence-corrected chi connectivity index (χ0v) is 9.26. The van der Waals surface area contributed by atoms with Crippen molar-refractivity contribution < 1.29 is 13.6 Å². The van der Waals surface area contributed by atoms with Gasteiger partial charge in [0, 0.05) is 25.4 Å². The molecule has 16 heavy (non-hydrogen) atoms. The fourth-order valence-electron chi connectivity index (χ4n) is 1.69. The van der Waals surface area contributed by atoms with Crippen molar-refractivity contribution >= 4 is 5.91 Å². The summed E-state index contributed by atoms with van der Waals surface area (Å²) in [4.78, 5) is 11.5. The second-order valence-electron chi connectivity index (χ2n) is 4.51. The van der Waals surface area contributed by atoms with E-state index >= 15 is 0 Å². The number of halogens is 2. The second kappa shape index (κ2) is 3.30. The summed E-state index contributed by atoms with van der Waals surface area (Å²) >= 11 is 0. The molecule has 1 atom stereocenters. The van der Waals surface area contributed by atoms with E-state index in [1.807, 2.05) is 29.9 Å². The number of alkyl halides is 2. The number of hydrogen-bond donors (Lipinski definition) is 1. The highest BCUT2D eigenvalue weighted by atomic mass is 19.3. The predicted octanol–water partition coefficient (Wildman–Crippen LogP) is 1.69. The van der Waals surface area contributed by atoms with Crippen molar-refractivity contribution in [1.82, 2.24) is 9.88 Å². The third-order valence-electron chi connectivity index (χ3n) is 3.24. The molecule has 1 fully saturated rings. The molecule has 1 unspecified atom stereocenters. The smallest absolute Gasteiger partial charge is 0.263 e. The predicted molar refractivity (Wildman–Crippen MR) is 54.9 cm³/mol. The van der Waals surface area contributed by atoms with E-state index in [9.17, 15) is 13.6 Å². The summed E-state index contributed by atoms with van der Waals surface area (Å²) in [5.41, 5.74) is -0.612. The molecule has 0 radical (unpaired) electrons. The Bertz CT molecular complexity index is 427. The number of aryl methyl sites for hydroxylation is 1. The highest BCUT2D eigenvalue weighted by Crippen LogP contribution is 2.60. The number of hydrogen-bond acceptors (Lipinski definition) is 1. The first-order valence-corrected chi connectivity index (χ1v) is 5.13. The zero-order valence-electron chi connectivity index (χ0n) is 9.26. The molecule has 1 aromatic rings. The zero-order chi connectivity index (χ0) is 12.0. The molecule has 5 heteroatoms. The van der Waals surface area contributed by atoms with Crippen LogP contribution in [0.25, 0.3) is 0 Å². The van der Waals surface area contributed by atoms with Crippen molar-refractivity contribution in [2.45, 2.75) is 25.8 Å². The molecule has 1 amide bonds. The Morgan fingerprint density at radius 2 is 2.25 bits per heavy atom. The van der Waals surface area contributed by atoms with E-state index in [0.717, 1.165) is 5.69 Å². The van der Waals surface area contributed by atoms with Crippen molar-refractivity contribution in [3.05, 3.63) is 24.0 Å². The van der Waals surface area contributed by atoms with Crippen LogP contribution in [0.4, 0.5) is 8.78 Å². The summed E-state index contributed by atoms with van der Waals surface area (Å²) in [6.45, 7) is 1.58. The van der Waals surface area contributed by atoms with Gasteiger partial charge in [-0.1, -0.05) is 0 Å². The average Bonchev–Trinajstić information content (AvgIpc) is 2.57. The number of aromatic nitrogens is 1. The normalized spacial score (nSPS) is 26.5. The minimum Gasteiger partial charge on any atom is -0.353 e. The van der Waals surface area contributed by atoms with Crippen molar-refractivity contribution in [1.29, 1.82) is 0 Å². The molecule has 1 saturated carbocycles. The van der Waals surface area contributed by atoms with E-state index in [4.69, 9.17) is 0 Å². The molecule has 0 bridgehead atoms. The average molecular weight is 228 g/mol. The van der Waals surface area contributed by atoms with Crippen LogP contribution >= 0.6 is 0 Å². The van der Waals surface area contributed by atoms with Crippen molar-refractivity contribution in [2.75, 3.05) is 0 Å². The lowest BCUT2D eigenvalue weighted by Crippen LogP contribution is -2.33. The number of amides is 1. The number of nitrogens with one attached hydrogen (secondary N) is 1. The summed E-state index contributed by atoms with van der Waals surface area (Å²) in [6.07, 6.45) is 1.49. The van der Waals surface area contributed by atoms with Crippen molar-refractivity contribution in [3.63, 3.8) is 0 Å². The highest BCUT2D eigenvalue weighted by Gasteiger charge is 2.72. The minimum absolute atomic E-state index is 0.286. The molecule has 1 aliphatic carbocycles. The summed E-state index contributed by atoms with van der Waals surface area (Å²) in [5.74, 6) is -3.41. The van der Waals surface area contributed by atoms with Gasteiger partial charge in [-0.3, -0.25) is 4.79 Å². The first-order chi connectivity index (χ1) is 7.37. The van der Waals surface area contributed by atoms with E-state index in [-0.39, 0.29) is 13.0 Å². The Kier molecular flexibility index (Phi) is 2.29. The van der Waals surface area contributed by atoms with Gasteiger partial charge in [-0.15, -0.1) is 0 Å². The Morgan fingerprint density at radius 3 is 2.69 bits per heavy atom. The summed E-state index contributed by atoms with van der Waals surface area (Å²) in [7, 11) is 1.84. The van der Waals surface area contributed by atoms with E-state index in [2.05, 4.69) is 5.32 Å². The molecule has 88 valence electrons. The van der Waals surface area contributed by atoms with Crippen LogP contribution in [0.3, 0.4) is 0 Å². The molecule has 0 spiro atoms. The van der Waals surface area contributed by atoms with Crippen LogP contribution < -0.4 is 5.32 Å². The van der Waals surface area contributed by atoms with Crippen LogP contribution in [0.2, 0.25) is 0 Å². The van der Waals surface area contributed by atoms with E-state index in [1.54, 1.807) is 0 Å². The molecule has 1 N–H and O–H groups in total. The molecule has 2 rings (SSSR count). The Morgan fingerprint density at radius 1 is 1.62 bits per heavy atom. The number of nitrogens with zero attached hydrogens (tertiary/aromatic N) is 1. The van der Waals surface area contributed by atoms with Crippen LogP contribution in [0.15, 0.2) is 18.3 Å². The summed E-state index contributed by atoms with van der Waals surface area (Å²) < 4.78 is 27.7. The molecular formula is C11H14F2N2O. The number of carbonyl (C=O) groups is 1. The van der Waals surface area contributed by atoms with Gasteiger partial charge in [-0.25, -0.2) is 8.78 Å². The molecule has 1 aromatic heterocycles. The lowest BCUT2D eigenvalue weighted by molar-refractivity contribution is -0.129. The van der Waals surface area contributed by atoms with Gasteiger partial charge in [-0.2, -0.15) is 0 Å². The standard InChI is InChI=1S/C11H14F2N2O/c1-10(7-11(10,12)13)9(16)14-6-8-4-3-5-15(8)2/h3-5H,6-7H2,1-2H3,(H,14,16). The van der Waals surface area contributed by atoms with Gasteiger partial charge < -0.3 is 9.88 Å². The largest absolute Gasteiger partial charge is 0.353 e. The number of carbonyl (C=O) groups excluding carboxylic acids is 1. The van der Waals surface area contributed by atoms with Crippen molar-refractivity contribution in [2.24, 2.45) is 12.5 Å². The van der Waals surface area contributed by atoms with E-state index in [1.165, 1.54) is 6.92 Å². The first kappa shape index (κ1) is 11.1. The van der Waals surface area contributed by atoms with Gasteiger partial charge in [-0.05, 0) is 19.1 Å². The van der Waals surface area contributed by atoms with Crippen LogP contribution in [-0.4, -0.2) is 16.4 Å². The lowest BCUT2D eigenvalue weighted by Gasteiger charge is -2.11. The molecule has 1 aliphatic rings. The van der Waals surface area contributed by atoms with E-state index in [0.29, 0.717) is 0 Å². The van der Waals surface area contributed by atoms with Crippen LogP contribution in [0, 0.1) is 5.41 Å². The fraction of sp³-hybridized carbons (Fsp3) is 0.545. The van der Waals surface area contributed by atoms with Crippen LogP contribution in [0.1, 0.15) is 19.0 Å². The Labute approximate surface area is 92.4 Å². The first-order valence-electron chi connectivity index (χ1n) is 5.13. The topological polar surface area (TPSA) is 34.0 Å². The number of rotatable bonds is 3. The van der Waals surface area contributed by atoms with E-state index < -0.39 is 17.2 Å². The molecule has 3 nitrogen and oxygen atoms in total. The van der Waals surface area contributed by atoms with Gasteiger partial charge in [0.25, 0.3) is 5.92 Å². The third-order valence-corrected chi connectivity index (χ3v) is 3.24. The van der Waals surface area contributed by atoms with Gasteiger partial charge in [0.2, 0.25) is 5.91 Å². The molecule has 0 saturated heterocycles. The van der Waals surface area contributed by atoms with Crippen LogP contribution in [-0.2, 0) is 18.4 Å². The molecular weight excluding hydrogens is 214 g/mol. The SMILES string of the molecule is Cn1cccc1CNC(=O)C1(C)CC1(F)F. The molecule has 1 heterocycles. The second-order valence-corrected chi connectivity index (χ2v) is 4.51. The van der Waals surface area contributed by atoms with Crippen LogP contribution in [0.5, 0.6) is 0 Å². The summed E-state index contributed by atoms with van der Waals surface area (Å²) in [6, 6.07) is 3.68. The maximum absolute atomic E-state index is 12.9. The Balaban J connectivity index is 1.93. The quantitative estimate of drug-likeness (QED) is 0.839. The fourth-order valence-corrected chi connectivity index (χ4v) is 1.69. The molecule has 0 aromatic carbocycles. The van der Waals surface area contributed by atoms with Gasteiger partial charge >= 0.3 is 0 Å². The maximum atomic E-state index is 12.9.